The van der Waals surface area contributed by atoms with Crippen molar-refractivity contribution in [3.63, 3.8) is 0 Å². The molecule has 2 aliphatic rings. The molecule has 2 heterocycles. The summed E-state index contributed by atoms with van der Waals surface area (Å²) in [4.78, 5) is 39.4. The fourth-order valence-corrected chi connectivity index (χ4v) is 5.01. The van der Waals surface area contributed by atoms with E-state index in [0.717, 1.165) is 22.8 Å². The first kappa shape index (κ1) is 22.6. The Bertz CT molecular complexity index is 1040. The Morgan fingerprint density at radius 1 is 1.06 bits per heavy atom. The summed E-state index contributed by atoms with van der Waals surface area (Å²) in [5.74, 6) is 0.0212. The lowest BCUT2D eigenvalue weighted by Gasteiger charge is -2.29. The minimum Gasteiger partial charge on any atom is -0.322 e. The summed E-state index contributed by atoms with van der Waals surface area (Å²) >= 11 is 1.71. The molecule has 168 valence electrons. The normalized spacial score (nSPS) is 18.7. The van der Waals surface area contributed by atoms with Crippen LogP contribution < -0.4 is 10.6 Å². The van der Waals surface area contributed by atoms with Crippen molar-refractivity contribution in [3.8, 4) is 0 Å². The second kappa shape index (κ2) is 9.08. The van der Waals surface area contributed by atoms with E-state index in [9.17, 15) is 14.4 Å². The van der Waals surface area contributed by atoms with Crippen molar-refractivity contribution in [2.45, 2.75) is 68.9 Å². The molecule has 0 radical (unpaired) electrons. The van der Waals surface area contributed by atoms with Gasteiger partial charge in [0.2, 0.25) is 11.8 Å². The third-order valence-electron chi connectivity index (χ3n) is 5.78. The molecule has 2 aliphatic heterocycles. The Hall–Kier alpha value is -2.64. The van der Waals surface area contributed by atoms with Gasteiger partial charge >= 0.3 is 0 Å². The molecule has 3 amide bonds. The van der Waals surface area contributed by atoms with Crippen molar-refractivity contribution in [2.24, 2.45) is 0 Å². The molecule has 0 spiro atoms. The van der Waals surface area contributed by atoms with Crippen molar-refractivity contribution in [2.75, 3.05) is 0 Å². The monoisotopic (exact) mass is 451 g/mol. The molecule has 7 heteroatoms. The van der Waals surface area contributed by atoms with Crippen LogP contribution in [0, 0.1) is 0 Å². The number of benzene rings is 2. The third kappa shape index (κ3) is 5.05. The summed E-state index contributed by atoms with van der Waals surface area (Å²) in [7, 11) is 0. The van der Waals surface area contributed by atoms with Gasteiger partial charge in [0.15, 0.2) is 0 Å². The lowest BCUT2D eigenvalue weighted by atomic mass is 10.0. The lowest BCUT2D eigenvalue weighted by molar-refractivity contribution is -0.136. The number of carbonyl (C=O) groups is 3. The number of amides is 3. The largest absolute Gasteiger partial charge is 0.322 e. The molecule has 2 N–H and O–H groups in total. The fraction of sp³-hybridized carbons (Fsp3) is 0.400. The third-order valence-corrected chi connectivity index (χ3v) is 6.95. The van der Waals surface area contributed by atoms with Gasteiger partial charge in [-0.1, -0.05) is 30.3 Å². The first-order chi connectivity index (χ1) is 15.2. The van der Waals surface area contributed by atoms with E-state index in [1.807, 2.05) is 18.2 Å². The van der Waals surface area contributed by atoms with Gasteiger partial charge in [-0.2, -0.15) is 0 Å². The molecule has 1 atom stereocenters. The zero-order valence-electron chi connectivity index (χ0n) is 18.7. The van der Waals surface area contributed by atoms with Gasteiger partial charge < -0.3 is 10.2 Å². The maximum Gasteiger partial charge on any atom is 0.255 e. The summed E-state index contributed by atoms with van der Waals surface area (Å²) in [6.07, 6.45) is 0.642. The van der Waals surface area contributed by atoms with E-state index >= 15 is 0 Å². The van der Waals surface area contributed by atoms with Crippen LogP contribution in [0.3, 0.4) is 0 Å². The van der Waals surface area contributed by atoms with Gasteiger partial charge in [-0.05, 0) is 56.0 Å². The van der Waals surface area contributed by atoms with Gasteiger partial charge in [-0.3, -0.25) is 19.7 Å². The van der Waals surface area contributed by atoms with Crippen LogP contribution in [0.4, 0.5) is 0 Å². The maximum atomic E-state index is 13.0. The van der Waals surface area contributed by atoms with Gasteiger partial charge in [0, 0.05) is 41.3 Å². The highest BCUT2D eigenvalue weighted by Crippen LogP contribution is 2.35. The Morgan fingerprint density at radius 2 is 1.78 bits per heavy atom. The molecule has 0 aliphatic carbocycles. The van der Waals surface area contributed by atoms with Crippen LogP contribution in [-0.4, -0.2) is 34.2 Å². The predicted octanol–water partition coefficient (Wildman–Crippen LogP) is 3.63. The molecule has 32 heavy (non-hydrogen) atoms. The maximum absolute atomic E-state index is 13.0. The van der Waals surface area contributed by atoms with E-state index in [0.29, 0.717) is 18.5 Å². The van der Waals surface area contributed by atoms with E-state index in [4.69, 9.17) is 0 Å². The van der Waals surface area contributed by atoms with E-state index in [2.05, 4.69) is 55.7 Å². The topological polar surface area (TPSA) is 78.5 Å². The van der Waals surface area contributed by atoms with Crippen LogP contribution in [0.1, 0.15) is 60.7 Å². The number of fused-ring (bicyclic) bond motifs is 1. The van der Waals surface area contributed by atoms with Gasteiger partial charge in [0.1, 0.15) is 6.04 Å². The fourth-order valence-electron chi connectivity index (χ4n) is 3.97. The minimum absolute atomic E-state index is 0.0847. The smallest absolute Gasteiger partial charge is 0.255 e. The molecule has 0 saturated carbocycles. The average Bonchev–Trinajstić information content (AvgIpc) is 3.08. The summed E-state index contributed by atoms with van der Waals surface area (Å²) in [5, 5.41) is 5.85. The summed E-state index contributed by atoms with van der Waals surface area (Å²) in [5.41, 5.74) is 4.18. The molecular formula is C25H29N3O3S. The predicted molar refractivity (Wildman–Crippen MR) is 125 cm³/mol. The van der Waals surface area contributed by atoms with Crippen molar-refractivity contribution in [1.29, 1.82) is 0 Å². The number of piperidine rings is 1. The van der Waals surface area contributed by atoms with Gasteiger partial charge in [-0.15, -0.1) is 11.8 Å². The van der Waals surface area contributed by atoms with Crippen LogP contribution in [0.25, 0.3) is 0 Å². The number of nitrogens with zero attached hydrogens (tertiary/aromatic N) is 1. The average molecular weight is 452 g/mol. The highest BCUT2D eigenvalue weighted by Gasteiger charge is 2.39. The summed E-state index contributed by atoms with van der Waals surface area (Å²) in [6.45, 7) is 7.70. The number of rotatable bonds is 6. The van der Waals surface area contributed by atoms with E-state index < -0.39 is 6.04 Å². The molecular weight excluding hydrogens is 422 g/mol. The van der Waals surface area contributed by atoms with Crippen LogP contribution in [0.15, 0.2) is 47.4 Å². The van der Waals surface area contributed by atoms with Gasteiger partial charge in [0.05, 0.1) is 0 Å². The molecule has 2 aromatic rings. The number of nitrogens with one attached hydrogen (secondary N) is 2. The van der Waals surface area contributed by atoms with Gasteiger partial charge in [-0.25, -0.2) is 0 Å². The zero-order valence-corrected chi connectivity index (χ0v) is 19.6. The van der Waals surface area contributed by atoms with Crippen molar-refractivity contribution in [3.05, 3.63) is 64.7 Å². The van der Waals surface area contributed by atoms with Crippen molar-refractivity contribution < 1.29 is 14.4 Å². The van der Waals surface area contributed by atoms with Crippen LogP contribution in [0.5, 0.6) is 0 Å². The quantitative estimate of drug-likeness (QED) is 0.518. The lowest BCUT2D eigenvalue weighted by Crippen LogP contribution is -2.52. The number of imide groups is 1. The van der Waals surface area contributed by atoms with Crippen LogP contribution in [-0.2, 0) is 28.4 Å². The molecule has 2 aromatic carbocycles. The van der Waals surface area contributed by atoms with Crippen molar-refractivity contribution in [1.82, 2.24) is 15.5 Å². The molecule has 1 saturated heterocycles. The summed E-state index contributed by atoms with van der Waals surface area (Å²) < 4.78 is 0. The Labute approximate surface area is 193 Å². The van der Waals surface area contributed by atoms with E-state index in [1.165, 1.54) is 11.1 Å². The summed E-state index contributed by atoms with van der Waals surface area (Å²) in [6, 6.07) is 13.8. The van der Waals surface area contributed by atoms with E-state index in [1.54, 1.807) is 16.7 Å². The molecule has 4 rings (SSSR count). The SMILES string of the molecule is CC(C)(C)NCc1ccc(CSc2cccc3c2CN(C2CCC(=O)NC2=O)C3=O)cc1. The highest BCUT2D eigenvalue weighted by molar-refractivity contribution is 7.98. The molecule has 6 nitrogen and oxygen atoms in total. The molecule has 1 unspecified atom stereocenters. The van der Waals surface area contributed by atoms with Crippen molar-refractivity contribution >= 4 is 29.5 Å². The number of carbonyl (C=O) groups excluding carboxylic acids is 3. The zero-order chi connectivity index (χ0) is 22.9. The second-order valence-corrected chi connectivity index (χ2v) is 10.4. The molecule has 0 aromatic heterocycles. The number of hydrogen-bond acceptors (Lipinski definition) is 5. The first-order valence-corrected chi connectivity index (χ1v) is 11.9. The van der Waals surface area contributed by atoms with Gasteiger partial charge in [0.25, 0.3) is 5.91 Å². The highest BCUT2D eigenvalue weighted by atomic mass is 32.2. The number of hydrogen-bond donors (Lipinski definition) is 2. The minimum atomic E-state index is -0.584. The Balaban J connectivity index is 1.42. The Morgan fingerprint density at radius 3 is 2.47 bits per heavy atom. The molecule has 0 bridgehead atoms. The number of thioether (sulfide) groups is 1. The van der Waals surface area contributed by atoms with E-state index in [-0.39, 0.29) is 29.7 Å². The van der Waals surface area contributed by atoms with Crippen LogP contribution in [0.2, 0.25) is 0 Å². The first-order valence-electron chi connectivity index (χ1n) is 10.9. The standard InChI is InChI=1S/C25H29N3O3S/c1-25(2,3)26-13-16-7-9-17(10-8-16)15-32-21-6-4-5-18-19(21)14-28(24(18)31)20-11-12-22(29)27-23(20)30/h4-10,20,26H,11-15H2,1-3H3,(H,27,29,30). The second-order valence-electron chi connectivity index (χ2n) is 9.39. The molecule has 1 fully saturated rings. The Kier molecular flexibility index (Phi) is 6.40. The van der Waals surface area contributed by atoms with Crippen LogP contribution >= 0.6 is 11.8 Å².